The van der Waals surface area contributed by atoms with E-state index in [1.54, 1.807) is 7.05 Å². The summed E-state index contributed by atoms with van der Waals surface area (Å²) in [4.78, 5) is 15.2. The van der Waals surface area contributed by atoms with Gasteiger partial charge in [-0.1, -0.05) is 31.2 Å². The Morgan fingerprint density at radius 2 is 1.71 bits per heavy atom. The molecule has 0 bridgehead atoms. The van der Waals surface area contributed by atoms with Gasteiger partial charge in [-0.3, -0.25) is 9.48 Å². The Balaban J connectivity index is 1.52. The average Bonchev–Trinajstić information content (AvgIpc) is 3.24. The van der Waals surface area contributed by atoms with Crippen molar-refractivity contribution in [3.63, 3.8) is 0 Å². The molecule has 4 rings (SSSR count). The Bertz CT molecular complexity index is 1290. The predicted octanol–water partition coefficient (Wildman–Crippen LogP) is 3.36. The van der Waals surface area contributed by atoms with Crippen LogP contribution in [-0.4, -0.2) is 54.6 Å². The number of carbonyl (C=O) groups excluding carboxylic acids is 1. The number of aromatic nitrogens is 2. The Labute approximate surface area is 201 Å². The molecular weight excluding hydrogens is 450 g/mol. The van der Waals surface area contributed by atoms with E-state index in [4.69, 9.17) is 0 Å². The molecule has 1 saturated heterocycles. The van der Waals surface area contributed by atoms with Crippen LogP contribution in [0.25, 0.3) is 0 Å². The molecule has 34 heavy (non-hydrogen) atoms. The number of sulfonamides is 1. The van der Waals surface area contributed by atoms with Crippen molar-refractivity contribution < 1.29 is 13.2 Å². The number of hydrogen-bond donors (Lipinski definition) is 1. The molecule has 0 aliphatic carbocycles. The number of nitrogens with zero attached hydrogens (tertiary/aromatic N) is 4. The van der Waals surface area contributed by atoms with E-state index in [-0.39, 0.29) is 10.6 Å². The summed E-state index contributed by atoms with van der Waals surface area (Å²) >= 11 is 0. The first-order valence-corrected chi connectivity index (χ1v) is 12.9. The van der Waals surface area contributed by atoms with Crippen molar-refractivity contribution in [2.24, 2.45) is 7.05 Å². The topological polar surface area (TPSA) is 87.5 Å². The molecule has 180 valence electrons. The Morgan fingerprint density at radius 3 is 2.35 bits per heavy atom. The lowest BCUT2D eigenvalue weighted by molar-refractivity contribution is 0.102. The number of rotatable bonds is 6. The normalized spacial score (nSPS) is 14.9. The fourth-order valence-electron chi connectivity index (χ4n) is 4.21. The smallest absolute Gasteiger partial charge is 0.263 e. The number of hydrogen-bond acceptors (Lipinski definition) is 5. The van der Waals surface area contributed by atoms with E-state index in [1.165, 1.54) is 26.3 Å². The monoisotopic (exact) mass is 481 g/mol. The first kappa shape index (κ1) is 24.0. The van der Waals surface area contributed by atoms with E-state index in [1.807, 2.05) is 30.3 Å². The van der Waals surface area contributed by atoms with Crippen LogP contribution in [0.3, 0.4) is 0 Å². The average molecular weight is 482 g/mol. The maximum atomic E-state index is 13.5. The fourth-order valence-corrected chi connectivity index (χ4v) is 5.75. The molecule has 1 amide bonds. The Morgan fingerprint density at radius 1 is 1.03 bits per heavy atom. The van der Waals surface area contributed by atoms with Gasteiger partial charge in [0, 0.05) is 50.8 Å². The summed E-state index contributed by atoms with van der Waals surface area (Å²) in [5, 5.41) is 6.75. The number of anilines is 2. The molecule has 1 aliphatic heterocycles. The van der Waals surface area contributed by atoms with Crippen LogP contribution in [0, 0.1) is 13.8 Å². The molecule has 2 heterocycles. The second-order valence-corrected chi connectivity index (χ2v) is 10.5. The number of nitrogens with one attached hydrogen (secondary N) is 1. The Hall–Kier alpha value is -3.17. The summed E-state index contributed by atoms with van der Waals surface area (Å²) in [7, 11) is -2.31. The van der Waals surface area contributed by atoms with Gasteiger partial charge >= 0.3 is 0 Å². The van der Waals surface area contributed by atoms with E-state index in [2.05, 4.69) is 48.2 Å². The molecule has 1 aromatic heterocycles. The van der Waals surface area contributed by atoms with Gasteiger partial charge in [-0.15, -0.1) is 0 Å². The van der Waals surface area contributed by atoms with Crippen LogP contribution < -0.4 is 10.2 Å². The van der Waals surface area contributed by atoms with Crippen molar-refractivity contribution in [2.75, 3.05) is 36.4 Å². The van der Waals surface area contributed by atoms with Gasteiger partial charge in [-0.25, -0.2) is 8.42 Å². The standard InChI is InChI=1S/C25H31N5O3S/c1-5-20-9-11-21(12-10-20)26-24(31)22-17-28(4)27-25(22)34(32,33)30-15-13-29(14-16-30)23-8-6-7-18(2)19(23)3/h6-12,17H,5,13-16H2,1-4H3,(H,26,31). The second-order valence-electron chi connectivity index (χ2n) is 8.64. The van der Waals surface area contributed by atoms with Crippen LogP contribution in [0.1, 0.15) is 34.0 Å². The van der Waals surface area contributed by atoms with Gasteiger partial charge < -0.3 is 10.2 Å². The number of piperazine rings is 1. The third-order valence-corrected chi connectivity index (χ3v) is 8.23. The van der Waals surface area contributed by atoms with Crippen molar-refractivity contribution >= 4 is 27.3 Å². The van der Waals surface area contributed by atoms with E-state index in [0.29, 0.717) is 31.9 Å². The zero-order chi connectivity index (χ0) is 24.5. The highest BCUT2D eigenvalue weighted by Crippen LogP contribution is 2.26. The highest BCUT2D eigenvalue weighted by molar-refractivity contribution is 7.89. The van der Waals surface area contributed by atoms with Crippen LogP contribution in [0.4, 0.5) is 11.4 Å². The molecule has 1 N–H and O–H groups in total. The van der Waals surface area contributed by atoms with E-state index in [0.717, 1.165) is 17.7 Å². The van der Waals surface area contributed by atoms with Gasteiger partial charge in [0.15, 0.2) is 0 Å². The van der Waals surface area contributed by atoms with Crippen LogP contribution >= 0.6 is 0 Å². The maximum Gasteiger partial charge on any atom is 0.263 e. The SMILES string of the molecule is CCc1ccc(NC(=O)c2cn(C)nc2S(=O)(=O)N2CCN(c3cccc(C)c3C)CC2)cc1. The molecule has 0 atom stereocenters. The number of benzene rings is 2. The van der Waals surface area contributed by atoms with Crippen molar-refractivity contribution in [1.29, 1.82) is 0 Å². The summed E-state index contributed by atoms with van der Waals surface area (Å²) in [6.07, 6.45) is 2.35. The van der Waals surface area contributed by atoms with Crippen LogP contribution in [0.2, 0.25) is 0 Å². The van der Waals surface area contributed by atoms with Gasteiger partial charge in [0.25, 0.3) is 15.9 Å². The van der Waals surface area contributed by atoms with Gasteiger partial charge in [-0.05, 0) is 55.2 Å². The lowest BCUT2D eigenvalue weighted by Crippen LogP contribution is -2.49. The lowest BCUT2D eigenvalue weighted by atomic mass is 10.1. The summed E-state index contributed by atoms with van der Waals surface area (Å²) < 4.78 is 29.7. The molecule has 9 heteroatoms. The van der Waals surface area contributed by atoms with Crippen molar-refractivity contribution in [3.8, 4) is 0 Å². The largest absolute Gasteiger partial charge is 0.369 e. The van der Waals surface area contributed by atoms with Crippen molar-refractivity contribution in [1.82, 2.24) is 14.1 Å². The van der Waals surface area contributed by atoms with Crippen LogP contribution in [-0.2, 0) is 23.5 Å². The van der Waals surface area contributed by atoms with Gasteiger partial charge in [0.05, 0.1) is 5.56 Å². The molecule has 1 aliphatic rings. The quantitative estimate of drug-likeness (QED) is 0.583. The van der Waals surface area contributed by atoms with Crippen molar-refractivity contribution in [2.45, 2.75) is 32.2 Å². The highest BCUT2D eigenvalue weighted by atomic mass is 32.2. The second kappa shape index (κ2) is 9.60. The van der Waals surface area contributed by atoms with E-state index < -0.39 is 15.9 Å². The molecule has 3 aromatic rings. The summed E-state index contributed by atoms with van der Waals surface area (Å²) in [6, 6.07) is 13.7. The molecular formula is C25H31N5O3S. The molecule has 0 saturated carbocycles. The highest BCUT2D eigenvalue weighted by Gasteiger charge is 2.34. The summed E-state index contributed by atoms with van der Waals surface area (Å²) in [6.45, 7) is 8.01. The Kier molecular flexibility index (Phi) is 6.77. The number of amides is 1. The summed E-state index contributed by atoms with van der Waals surface area (Å²) in [5.74, 6) is -0.495. The van der Waals surface area contributed by atoms with Crippen molar-refractivity contribution in [3.05, 3.63) is 70.9 Å². The minimum atomic E-state index is -3.93. The molecule has 0 spiro atoms. The van der Waals surface area contributed by atoms with Gasteiger partial charge in [-0.2, -0.15) is 9.40 Å². The first-order valence-electron chi connectivity index (χ1n) is 11.5. The summed E-state index contributed by atoms with van der Waals surface area (Å²) in [5.41, 5.74) is 5.35. The minimum Gasteiger partial charge on any atom is -0.369 e. The zero-order valence-corrected chi connectivity index (χ0v) is 20.9. The zero-order valence-electron chi connectivity index (χ0n) is 20.1. The molecule has 2 aromatic carbocycles. The molecule has 1 fully saturated rings. The molecule has 8 nitrogen and oxygen atoms in total. The molecule has 0 radical (unpaired) electrons. The van der Waals surface area contributed by atoms with Crippen LogP contribution in [0.15, 0.2) is 53.7 Å². The number of carbonyl (C=O) groups is 1. The van der Waals surface area contributed by atoms with Gasteiger partial charge in [0.1, 0.15) is 0 Å². The third-order valence-electron chi connectivity index (χ3n) is 6.40. The molecule has 0 unspecified atom stereocenters. The number of aryl methyl sites for hydroxylation is 3. The van der Waals surface area contributed by atoms with E-state index >= 15 is 0 Å². The fraction of sp³-hybridized carbons (Fsp3) is 0.360. The third kappa shape index (κ3) is 4.71. The first-order chi connectivity index (χ1) is 16.2. The van der Waals surface area contributed by atoms with Crippen LogP contribution in [0.5, 0.6) is 0 Å². The van der Waals surface area contributed by atoms with Gasteiger partial charge in [0.2, 0.25) is 5.03 Å². The van der Waals surface area contributed by atoms with E-state index in [9.17, 15) is 13.2 Å². The lowest BCUT2D eigenvalue weighted by Gasteiger charge is -2.36. The minimum absolute atomic E-state index is 0.0408. The predicted molar refractivity (Wildman–Crippen MR) is 134 cm³/mol. The maximum absolute atomic E-state index is 13.5.